The van der Waals surface area contributed by atoms with Gasteiger partial charge in [0.25, 0.3) is 15.9 Å². The van der Waals surface area contributed by atoms with Gasteiger partial charge in [-0.2, -0.15) is 5.10 Å². The highest BCUT2D eigenvalue weighted by Gasteiger charge is 2.27. The molecule has 0 spiro atoms. The minimum atomic E-state index is -4.11. The van der Waals surface area contributed by atoms with Gasteiger partial charge in [0, 0.05) is 11.1 Å². The second-order valence-corrected chi connectivity index (χ2v) is 10.2. The van der Waals surface area contributed by atoms with Crippen molar-refractivity contribution >= 4 is 38.3 Å². The van der Waals surface area contributed by atoms with Crippen LogP contribution < -0.4 is 25.2 Å². The zero-order valence-corrected chi connectivity index (χ0v) is 21.5. The molecule has 1 heterocycles. The number of anilines is 2. The first kappa shape index (κ1) is 25.8. The Morgan fingerprint density at radius 2 is 1.81 bits per heavy atom. The maximum Gasteiger partial charge on any atom is 0.264 e. The van der Waals surface area contributed by atoms with Crippen molar-refractivity contribution in [3.8, 4) is 11.5 Å². The zero-order valence-electron chi connectivity index (χ0n) is 20.7. The predicted molar refractivity (Wildman–Crippen MR) is 142 cm³/mol. The number of amides is 1. The highest BCUT2D eigenvalue weighted by Crippen LogP contribution is 2.33. The number of hydrogen-bond donors (Lipinski definition) is 4. The van der Waals surface area contributed by atoms with E-state index < -0.39 is 22.0 Å². The number of rotatable bonds is 10. The lowest BCUT2D eigenvalue weighted by Gasteiger charge is -2.22. The standard InChI is InChI=1S/C26H29N5O5S/c1-4-35-23-14-17(10-13-22(23)36-16(2)3)24(26(32)31-37(33,34)19-8-6-5-7-9-19)28-18-11-12-20-21(15-18)29-30-25(20)27/h5-16,24,28H,4H2,1-3H3,(H,31,32)(H3,27,29,30). The largest absolute Gasteiger partial charge is 0.490 e. The summed E-state index contributed by atoms with van der Waals surface area (Å²) in [6, 6.07) is 16.9. The smallest absolute Gasteiger partial charge is 0.264 e. The minimum absolute atomic E-state index is 0.0212. The van der Waals surface area contributed by atoms with Crippen molar-refractivity contribution in [2.75, 3.05) is 17.7 Å². The number of ether oxygens (including phenoxy) is 2. The third kappa shape index (κ3) is 5.95. The van der Waals surface area contributed by atoms with Crippen molar-refractivity contribution in [1.29, 1.82) is 0 Å². The van der Waals surface area contributed by atoms with Gasteiger partial charge < -0.3 is 20.5 Å². The fraction of sp³-hybridized carbons (Fsp3) is 0.231. The van der Waals surface area contributed by atoms with E-state index in [-0.39, 0.29) is 11.0 Å². The fourth-order valence-electron chi connectivity index (χ4n) is 3.77. The number of carbonyl (C=O) groups is 1. The molecular weight excluding hydrogens is 494 g/mol. The van der Waals surface area contributed by atoms with Crippen LogP contribution in [-0.2, 0) is 14.8 Å². The molecule has 0 aliphatic carbocycles. The first-order valence-corrected chi connectivity index (χ1v) is 13.2. The molecule has 0 fully saturated rings. The van der Waals surface area contributed by atoms with Gasteiger partial charge in [0.2, 0.25) is 0 Å². The van der Waals surface area contributed by atoms with Gasteiger partial charge in [0.15, 0.2) is 17.3 Å². The molecule has 10 nitrogen and oxygen atoms in total. The number of nitrogens with zero attached hydrogens (tertiary/aromatic N) is 1. The Bertz CT molecular complexity index is 1500. The molecule has 1 unspecified atom stereocenters. The maximum absolute atomic E-state index is 13.5. The number of benzene rings is 3. The van der Waals surface area contributed by atoms with Gasteiger partial charge in [-0.05, 0) is 68.8 Å². The predicted octanol–water partition coefficient (Wildman–Crippen LogP) is 3.99. The molecule has 0 aliphatic heterocycles. The van der Waals surface area contributed by atoms with Crippen LogP contribution in [0.5, 0.6) is 11.5 Å². The Morgan fingerprint density at radius 1 is 1.05 bits per heavy atom. The summed E-state index contributed by atoms with van der Waals surface area (Å²) in [5.41, 5.74) is 7.55. The van der Waals surface area contributed by atoms with Crippen molar-refractivity contribution in [2.24, 2.45) is 0 Å². The Morgan fingerprint density at radius 3 is 2.51 bits per heavy atom. The van der Waals surface area contributed by atoms with E-state index in [0.29, 0.717) is 40.7 Å². The molecule has 1 atom stereocenters. The molecular formula is C26H29N5O5S. The second-order valence-electron chi connectivity index (χ2n) is 8.54. The van der Waals surface area contributed by atoms with Gasteiger partial charge in [-0.1, -0.05) is 24.3 Å². The number of aromatic amines is 1. The maximum atomic E-state index is 13.5. The summed E-state index contributed by atoms with van der Waals surface area (Å²) in [6.07, 6.45) is -0.0909. The van der Waals surface area contributed by atoms with Gasteiger partial charge in [-0.25, -0.2) is 13.1 Å². The van der Waals surface area contributed by atoms with Crippen LogP contribution in [0.2, 0.25) is 0 Å². The first-order chi connectivity index (χ1) is 17.7. The molecule has 11 heteroatoms. The van der Waals surface area contributed by atoms with Crippen LogP contribution in [-0.4, -0.2) is 37.2 Å². The van der Waals surface area contributed by atoms with E-state index in [9.17, 15) is 13.2 Å². The number of nitrogen functional groups attached to an aromatic ring is 1. The molecule has 3 aromatic carbocycles. The van der Waals surface area contributed by atoms with E-state index in [4.69, 9.17) is 15.2 Å². The summed E-state index contributed by atoms with van der Waals surface area (Å²) in [6.45, 7) is 6.01. The fourth-order valence-corrected chi connectivity index (χ4v) is 4.79. The molecule has 4 aromatic rings. The molecule has 0 saturated heterocycles. The molecule has 37 heavy (non-hydrogen) atoms. The van der Waals surface area contributed by atoms with Gasteiger partial charge in [-0.15, -0.1) is 0 Å². The average molecular weight is 524 g/mol. The zero-order chi connectivity index (χ0) is 26.6. The van der Waals surface area contributed by atoms with Crippen LogP contribution in [0, 0.1) is 0 Å². The van der Waals surface area contributed by atoms with Crippen LogP contribution >= 0.6 is 0 Å². The van der Waals surface area contributed by atoms with Crippen LogP contribution in [0.4, 0.5) is 11.5 Å². The first-order valence-electron chi connectivity index (χ1n) is 11.7. The molecule has 0 bridgehead atoms. The van der Waals surface area contributed by atoms with Crippen molar-refractivity contribution in [2.45, 2.75) is 37.8 Å². The third-order valence-corrected chi connectivity index (χ3v) is 6.78. The number of nitrogens with one attached hydrogen (secondary N) is 3. The van der Waals surface area contributed by atoms with E-state index in [1.165, 1.54) is 12.1 Å². The Hall–Kier alpha value is -4.25. The third-order valence-electron chi connectivity index (χ3n) is 5.42. The lowest BCUT2D eigenvalue weighted by molar-refractivity contribution is -0.120. The SMILES string of the molecule is CCOc1cc(C(Nc2ccc3c(N)n[nH]c3c2)C(=O)NS(=O)(=O)c2ccccc2)ccc1OC(C)C. The minimum Gasteiger partial charge on any atom is -0.490 e. The van der Waals surface area contributed by atoms with E-state index in [1.54, 1.807) is 54.6 Å². The van der Waals surface area contributed by atoms with Crippen LogP contribution in [0.3, 0.4) is 0 Å². The highest BCUT2D eigenvalue weighted by atomic mass is 32.2. The molecule has 5 N–H and O–H groups in total. The topological polar surface area (TPSA) is 148 Å². The van der Waals surface area contributed by atoms with Gasteiger partial charge >= 0.3 is 0 Å². The van der Waals surface area contributed by atoms with Gasteiger partial charge in [0.1, 0.15) is 6.04 Å². The van der Waals surface area contributed by atoms with Gasteiger partial charge in [0.05, 0.1) is 23.1 Å². The second kappa shape index (κ2) is 10.8. The van der Waals surface area contributed by atoms with E-state index in [1.807, 2.05) is 20.8 Å². The molecule has 1 amide bonds. The highest BCUT2D eigenvalue weighted by molar-refractivity contribution is 7.90. The number of H-pyrrole nitrogens is 1. The van der Waals surface area contributed by atoms with Crippen LogP contribution in [0.25, 0.3) is 10.9 Å². The lowest BCUT2D eigenvalue weighted by atomic mass is 10.0. The summed E-state index contributed by atoms with van der Waals surface area (Å²) in [5, 5.41) is 10.7. The Labute approximate surface area is 215 Å². The van der Waals surface area contributed by atoms with E-state index in [2.05, 4.69) is 20.2 Å². The monoisotopic (exact) mass is 523 g/mol. The van der Waals surface area contributed by atoms with E-state index in [0.717, 1.165) is 5.39 Å². The normalized spacial score (nSPS) is 12.3. The Kier molecular flexibility index (Phi) is 7.53. The van der Waals surface area contributed by atoms with Gasteiger partial charge in [-0.3, -0.25) is 9.89 Å². The molecule has 1 aromatic heterocycles. The number of fused-ring (bicyclic) bond motifs is 1. The molecule has 0 radical (unpaired) electrons. The molecule has 194 valence electrons. The Balaban J connectivity index is 1.72. The summed E-state index contributed by atoms with van der Waals surface area (Å²) >= 11 is 0. The lowest BCUT2D eigenvalue weighted by Crippen LogP contribution is -2.37. The number of sulfonamides is 1. The van der Waals surface area contributed by atoms with Crippen molar-refractivity contribution in [1.82, 2.24) is 14.9 Å². The van der Waals surface area contributed by atoms with Crippen LogP contribution in [0.15, 0.2) is 71.6 Å². The molecule has 4 rings (SSSR count). The average Bonchev–Trinajstić information content (AvgIpc) is 3.23. The number of carbonyl (C=O) groups excluding carboxylic acids is 1. The molecule has 0 aliphatic rings. The van der Waals surface area contributed by atoms with Crippen molar-refractivity contribution < 1.29 is 22.7 Å². The number of hydrogen-bond acceptors (Lipinski definition) is 8. The van der Waals surface area contributed by atoms with Crippen molar-refractivity contribution in [3.63, 3.8) is 0 Å². The summed E-state index contributed by atoms with van der Waals surface area (Å²) in [7, 11) is -4.11. The van der Waals surface area contributed by atoms with Crippen molar-refractivity contribution in [3.05, 3.63) is 72.3 Å². The number of nitrogens with two attached hydrogens (primary N) is 1. The summed E-state index contributed by atoms with van der Waals surface area (Å²) < 4.78 is 39.6. The summed E-state index contributed by atoms with van der Waals surface area (Å²) in [5.74, 6) is 0.543. The quantitative estimate of drug-likeness (QED) is 0.244. The molecule has 0 saturated carbocycles. The summed E-state index contributed by atoms with van der Waals surface area (Å²) in [4.78, 5) is 13.5. The van der Waals surface area contributed by atoms with Crippen LogP contribution in [0.1, 0.15) is 32.4 Å². The van der Waals surface area contributed by atoms with E-state index >= 15 is 0 Å². The number of aromatic nitrogens is 2.